The average Bonchev–Trinajstić information content (AvgIpc) is 3.99. The van der Waals surface area contributed by atoms with Crippen molar-refractivity contribution in [2.75, 3.05) is 4.90 Å². The Morgan fingerprint density at radius 1 is 0.569 bits per heavy atom. The molecule has 3 aromatic heterocycles. The van der Waals surface area contributed by atoms with Crippen LogP contribution in [0.4, 0.5) is 5.69 Å². The van der Waals surface area contributed by atoms with E-state index in [1.807, 2.05) is 12.3 Å². The minimum Gasteiger partial charge on any atom is -0.508 e. The third-order valence-corrected chi connectivity index (χ3v) is 12.3. The molecule has 1 aliphatic heterocycles. The molecule has 0 bridgehead atoms. The maximum atomic E-state index is 7.24. The molecule has 0 saturated heterocycles. The summed E-state index contributed by atoms with van der Waals surface area (Å²) in [5.74, 6) is 2.03. The molecule has 1 aliphatic rings. The fourth-order valence-electron chi connectivity index (χ4n) is 9.28. The number of aromatic nitrogens is 3. The number of benzene rings is 7. The zero-order valence-corrected chi connectivity index (χ0v) is 39.6. The summed E-state index contributed by atoms with van der Waals surface area (Å²) in [6.45, 7) is 15.7. The van der Waals surface area contributed by atoms with Gasteiger partial charge in [-0.15, -0.1) is 30.0 Å². The maximum absolute atomic E-state index is 7.24. The van der Waals surface area contributed by atoms with Crippen LogP contribution in [0.3, 0.4) is 0 Å². The maximum Gasteiger partial charge on any atom is 0.135 e. The Kier molecular flexibility index (Phi) is 10.5. The van der Waals surface area contributed by atoms with Crippen molar-refractivity contribution in [3.05, 3.63) is 212 Å². The van der Waals surface area contributed by atoms with Crippen LogP contribution in [0, 0.1) is 18.8 Å². The second-order valence-corrected chi connectivity index (χ2v) is 18.6. The van der Waals surface area contributed by atoms with Gasteiger partial charge in [-0.3, -0.25) is 0 Å². The molecular weight excluding hydrogens is 978 g/mol. The van der Waals surface area contributed by atoms with Gasteiger partial charge in [-0.2, -0.15) is 12.7 Å². The first-order valence-corrected chi connectivity index (χ1v) is 22.0. The number of hydrogen-bond acceptors (Lipinski definition) is 4. The second-order valence-electron chi connectivity index (χ2n) is 18.6. The van der Waals surface area contributed by atoms with Crippen LogP contribution in [0.15, 0.2) is 176 Å². The van der Waals surface area contributed by atoms with Gasteiger partial charge in [-0.05, 0) is 95.6 Å². The molecule has 0 saturated carbocycles. The SMILES string of the molecule is CC(C)(C)c1ccnc(-n2c3[c-]c(Oc4[c-]c(N5[CH-]N(C(C)(C)C)C(c6ccccc6)=C5c5ccccc5)ccc4)c4c5ccccc5n(-c5ccccc5)c4c3c3ccccc32)c1.[Pt]. The molecule has 10 aromatic rings. The van der Waals surface area contributed by atoms with Crippen molar-refractivity contribution in [1.82, 2.24) is 19.0 Å². The van der Waals surface area contributed by atoms with Gasteiger partial charge in [0.05, 0.1) is 0 Å². The summed E-state index contributed by atoms with van der Waals surface area (Å²) >= 11 is 0. The Labute approximate surface area is 395 Å². The number of hydrogen-bond donors (Lipinski definition) is 0. The molecule has 0 spiro atoms. The third-order valence-electron chi connectivity index (χ3n) is 12.3. The van der Waals surface area contributed by atoms with Gasteiger partial charge < -0.3 is 23.7 Å². The molecule has 7 heteroatoms. The second kappa shape index (κ2) is 16.3. The van der Waals surface area contributed by atoms with Gasteiger partial charge in [0, 0.05) is 72.4 Å². The van der Waals surface area contributed by atoms with E-state index in [-0.39, 0.29) is 32.0 Å². The first-order valence-electron chi connectivity index (χ1n) is 22.0. The Morgan fingerprint density at radius 2 is 1.15 bits per heavy atom. The zero-order valence-electron chi connectivity index (χ0n) is 37.3. The number of ether oxygens (including phenoxy) is 1. The van der Waals surface area contributed by atoms with Crippen molar-refractivity contribution >= 4 is 60.7 Å². The summed E-state index contributed by atoms with van der Waals surface area (Å²) in [5.41, 5.74) is 11.3. The van der Waals surface area contributed by atoms with E-state index in [2.05, 4.69) is 243 Å². The van der Waals surface area contributed by atoms with Crippen LogP contribution in [0.2, 0.25) is 0 Å². The first kappa shape index (κ1) is 42.1. The van der Waals surface area contributed by atoms with Crippen molar-refractivity contribution in [2.45, 2.75) is 52.5 Å². The Bertz CT molecular complexity index is 3410. The summed E-state index contributed by atoms with van der Waals surface area (Å²) in [4.78, 5) is 9.65. The van der Waals surface area contributed by atoms with Crippen molar-refractivity contribution in [1.29, 1.82) is 0 Å². The van der Waals surface area contributed by atoms with E-state index in [9.17, 15) is 0 Å². The Hall–Kier alpha value is -6.88. The summed E-state index contributed by atoms with van der Waals surface area (Å²) in [6, 6.07) is 67.3. The molecule has 7 aromatic carbocycles. The van der Waals surface area contributed by atoms with Gasteiger partial charge in [0.2, 0.25) is 0 Å². The monoisotopic (exact) mass is 1030 g/mol. The standard InChI is InChI=1S/C58H48N5O.Pt/c1-57(2,3)41-33-34-59-51(35-41)63-48-32-19-16-29-45(48)52-49(63)37-50(53-46-30-17-18-31-47(46)62(56(52)53)42-25-14-9-15-26-42)64-44-28-20-27-43(36-44)60-38-61(58(4,5)6)55(40-23-12-8-13-24-40)54(60)39-21-10-7-11-22-39;/h7-35,38H,1-6H3;/q-3;. The molecule has 324 valence electrons. The van der Waals surface area contributed by atoms with Gasteiger partial charge >= 0.3 is 0 Å². The van der Waals surface area contributed by atoms with Crippen LogP contribution < -0.4 is 9.64 Å². The molecule has 0 radical (unpaired) electrons. The summed E-state index contributed by atoms with van der Waals surface area (Å²) in [6.07, 6.45) is 1.92. The average molecular weight is 1030 g/mol. The smallest absolute Gasteiger partial charge is 0.135 e. The largest absolute Gasteiger partial charge is 0.508 e. The number of rotatable bonds is 7. The minimum absolute atomic E-state index is 0. The minimum atomic E-state index is -0.225. The molecule has 65 heavy (non-hydrogen) atoms. The van der Waals surface area contributed by atoms with Crippen molar-refractivity contribution in [3.8, 4) is 23.0 Å². The van der Waals surface area contributed by atoms with E-state index in [0.29, 0.717) is 11.5 Å². The van der Waals surface area contributed by atoms with Gasteiger partial charge in [0.25, 0.3) is 0 Å². The van der Waals surface area contributed by atoms with Gasteiger partial charge in [0.1, 0.15) is 5.82 Å². The zero-order chi connectivity index (χ0) is 43.7. The molecule has 0 amide bonds. The van der Waals surface area contributed by atoms with Gasteiger partial charge in [-0.25, -0.2) is 4.98 Å². The van der Waals surface area contributed by atoms with Gasteiger partial charge in [-0.1, -0.05) is 152 Å². The van der Waals surface area contributed by atoms with E-state index in [1.165, 1.54) is 5.56 Å². The van der Waals surface area contributed by atoms with E-state index in [1.54, 1.807) is 0 Å². The quantitative estimate of drug-likeness (QED) is 0.149. The van der Waals surface area contributed by atoms with Gasteiger partial charge in [0.15, 0.2) is 0 Å². The molecule has 0 N–H and O–H groups in total. The molecule has 6 nitrogen and oxygen atoms in total. The topological polar surface area (TPSA) is 38.5 Å². The number of nitrogens with zero attached hydrogens (tertiary/aromatic N) is 5. The molecular formula is C58H48N5OPt-3. The van der Waals surface area contributed by atoms with E-state index in [0.717, 1.165) is 83.3 Å². The fourth-order valence-corrected chi connectivity index (χ4v) is 9.28. The summed E-state index contributed by atoms with van der Waals surface area (Å²) in [7, 11) is 0. The molecule has 0 unspecified atom stereocenters. The number of pyridine rings is 1. The van der Waals surface area contributed by atoms with E-state index >= 15 is 0 Å². The van der Waals surface area contributed by atoms with Crippen LogP contribution in [0.25, 0.3) is 66.5 Å². The van der Waals surface area contributed by atoms with Crippen LogP contribution in [-0.2, 0) is 26.5 Å². The van der Waals surface area contributed by atoms with Crippen LogP contribution in [0.1, 0.15) is 58.2 Å². The van der Waals surface area contributed by atoms with E-state index < -0.39 is 0 Å². The number of fused-ring (bicyclic) bond motifs is 7. The molecule has 0 aliphatic carbocycles. The summed E-state index contributed by atoms with van der Waals surface area (Å²) < 4.78 is 11.9. The Morgan fingerprint density at radius 3 is 1.80 bits per heavy atom. The van der Waals surface area contributed by atoms with Crippen LogP contribution in [0.5, 0.6) is 11.5 Å². The third kappa shape index (κ3) is 7.21. The Balaban J connectivity index is 0.00000498. The number of anilines is 1. The fraction of sp³-hybridized carbons (Fsp3) is 0.138. The van der Waals surface area contributed by atoms with Crippen LogP contribution in [-0.4, -0.2) is 24.6 Å². The van der Waals surface area contributed by atoms with Crippen molar-refractivity contribution in [2.24, 2.45) is 0 Å². The number of para-hydroxylation sites is 3. The molecule has 4 heterocycles. The molecule has 0 fully saturated rings. The molecule has 0 atom stereocenters. The predicted octanol–water partition coefficient (Wildman–Crippen LogP) is 14.5. The van der Waals surface area contributed by atoms with Crippen LogP contribution >= 0.6 is 0 Å². The predicted molar refractivity (Wildman–Crippen MR) is 264 cm³/mol. The van der Waals surface area contributed by atoms with Crippen molar-refractivity contribution < 1.29 is 25.8 Å². The molecule has 11 rings (SSSR count). The first-order chi connectivity index (χ1) is 31.0. The van der Waals surface area contributed by atoms with Crippen molar-refractivity contribution in [3.63, 3.8) is 0 Å². The normalized spacial score (nSPS) is 13.4. The van der Waals surface area contributed by atoms with E-state index in [4.69, 9.17) is 9.72 Å². The summed E-state index contributed by atoms with van der Waals surface area (Å²) in [5, 5.41) is 4.25.